The van der Waals surface area contributed by atoms with Gasteiger partial charge in [-0.3, -0.25) is 0 Å². The van der Waals surface area contributed by atoms with Gasteiger partial charge in [0.15, 0.2) is 11.0 Å². The van der Waals surface area contributed by atoms with Gasteiger partial charge in [-0.05, 0) is 25.3 Å². The van der Waals surface area contributed by atoms with Gasteiger partial charge in [-0.1, -0.05) is 11.8 Å². The molecule has 0 aliphatic carbocycles. The fourth-order valence-electron chi connectivity index (χ4n) is 2.10. The van der Waals surface area contributed by atoms with Crippen LogP contribution in [-0.4, -0.2) is 33.1 Å². The largest absolute Gasteiger partial charge is 0.497 e. The summed E-state index contributed by atoms with van der Waals surface area (Å²) in [5.41, 5.74) is 1.94. The lowest BCUT2D eigenvalue weighted by atomic mass is 10.2. The summed E-state index contributed by atoms with van der Waals surface area (Å²) in [6, 6.07) is 7.78. The summed E-state index contributed by atoms with van der Waals surface area (Å²) in [6.45, 7) is 1.99. The van der Waals surface area contributed by atoms with Crippen LogP contribution in [0.3, 0.4) is 0 Å². The van der Waals surface area contributed by atoms with E-state index in [9.17, 15) is 0 Å². The molecule has 20 heavy (non-hydrogen) atoms. The van der Waals surface area contributed by atoms with Crippen LogP contribution in [0.4, 0.5) is 0 Å². The van der Waals surface area contributed by atoms with Gasteiger partial charge in [0.25, 0.3) is 0 Å². The number of methoxy groups -OCH3 is 1. The minimum Gasteiger partial charge on any atom is -0.497 e. The molecule has 3 rings (SSSR count). The van der Waals surface area contributed by atoms with Crippen LogP contribution >= 0.6 is 11.8 Å². The molecule has 1 aromatic carbocycles. The second-order valence-electron chi connectivity index (χ2n) is 4.28. The van der Waals surface area contributed by atoms with E-state index >= 15 is 0 Å². The van der Waals surface area contributed by atoms with Crippen LogP contribution in [0.25, 0.3) is 16.7 Å². The van der Waals surface area contributed by atoms with Crippen molar-refractivity contribution in [3.05, 3.63) is 36.2 Å². The molecule has 6 heteroatoms. The van der Waals surface area contributed by atoms with Gasteiger partial charge in [0.05, 0.1) is 18.3 Å². The molecule has 102 valence electrons. The maximum absolute atomic E-state index is 5.29. The van der Waals surface area contributed by atoms with E-state index in [1.807, 2.05) is 42.1 Å². The number of aryl methyl sites for hydroxylation is 1. The SMILES string of the molecule is COc1ccc2c(C)nn(-c3ccnc(SC)n3)c2c1. The van der Waals surface area contributed by atoms with E-state index in [-0.39, 0.29) is 0 Å². The zero-order valence-electron chi connectivity index (χ0n) is 11.5. The first-order valence-corrected chi connectivity index (χ1v) is 7.36. The van der Waals surface area contributed by atoms with Crippen molar-refractivity contribution in [2.45, 2.75) is 12.1 Å². The first kappa shape index (κ1) is 12.9. The Hall–Kier alpha value is -2.08. The highest BCUT2D eigenvalue weighted by molar-refractivity contribution is 7.98. The average Bonchev–Trinajstić information content (AvgIpc) is 2.84. The van der Waals surface area contributed by atoms with Crippen LogP contribution in [0.15, 0.2) is 35.6 Å². The number of fused-ring (bicyclic) bond motifs is 1. The summed E-state index contributed by atoms with van der Waals surface area (Å²) >= 11 is 1.51. The van der Waals surface area contributed by atoms with Crippen molar-refractivity contribution in [2.24, 2.45) is 0 Å². The van der Waals surface area contributed by atoms with E-state index in [0.717, 1.165) is 33.3 Å². The Kier molecular flexibility index (Phi) is 3.31. The van der Waals surface area contributed by atoms with Gasteiger partial charge in [-0.2, -0.15) is 5.10 Å². The van der Waals surface area contributed by atoms with Crippen LogP contribution in [0.5, 0.6) is 5.75 Å². The van der Waals surface area contributed by atoms with Gasteiger partial charge >= 0.3 is 0 Å². The minimum absolute atomic E-state index is 0.728. The molecule has 5 nitrogen and oxygen atoms in total. The molecule has 2 aromatic heterocycles. The van der Waals surface area contributed by atoms with Gasteiger partial charge < -0.3 is 4.74 Å². The molecule has 0 aliphatic rings. The Balaban J connectivity index is 2.24. The molecule has 0 saturated heterocycles. The summed E-state index contributed by atoms with van der Waals surface area (Å²) in [5, 5.41) is 6.39. The number of hydrogen-bond donors (Lipinski definition) is 0. The predicted octanol–water partition coefficient (Wildman–Crippen LogP) is 2.85. The van der Waals surface area contributed by atoms with E-state index in [2.05, 4.69) is 15.1 Å². The maximum Gasteiger partial charge on any atom is 0.189 e. The third-order valence-corrected chi connectivity index (χ3v) is 3.65. The van der Waals surface area contributed by atoms with E-state index in [0.29, 0.717) is 0 Å². The molecule has 0 atom stereocenters. The summed E-state index contributed by atoms with van der Waals surface area (Å²) in [5.74, 6) is 1.56. The highest BCUT2D eigenvalue weighted by Crippen LogP contribution is 2.25. The Morgan fingerprint density at radius 3 is 2.85 bits per heavy atom. The third kappa shape index (κ3) is 2.12. The van der Waals surface area contributed by atoms with Crippen molar-refractivity contribution in [3.8, 4) is 11.6 Å². The molecule has 0 saturated carbocycles. The smallest absolute Gasteiger partial charge is 0.189 e. The zero-order chi connectivity index (χ0) is 14.1. The zero-order valence-corrected chi connectivity index (χ0v) is 12.3. The van der Waals surface area contributed by atoms with Gasteiger partial charge in [-0.15, -0.1) is 0 Å². The maximum atomic E-state index is 5.29. The molecule has 0 spiro atoms. The summed E-state index contributed by atoms with van der Waals surface area (Å²) in [4.78, 5) is 8.68. The molecule has 0 aliphatic heterocycles. The lowest BCUT2D eigenvalue weighted by Crippen LogP contribution is -2.01. The lowest BCUT2D eigenvalue weighted by Gasteiger charge is -2.04. The molecule has 0 amide bonds. The van der Waals surface area contributed by atoms with Crippen molar-refractivity contribution < 1.29 is 4.74 Å². The summed E-state index contributed by atoms with van der Waals surface area (Å²) in [7, 11) is 1.66. The fourth-order valence-corrected chi connectivity index (χ4v) is 2.45. The predicted molar refractivity (Wildman–Crippen MR) is 79.7 cm³/mol. The minimum atomic E-state index is 0.728. The highest BCUT2D eigenvalue weighted by atomic mass is 32.2. The van der Waals surface area contributed by atoms with Crippen molar-refractivity contribution in [1.82, 2.24) is 19.7 Å². The van der Waals surface area contributed by atoms with Gasteiger partial charge in [0.1, 0.15) is 5.75 Å². The number of thioether (sulfide) groups is 1. The van der Waals surface area contributed by atoms with Gasteiger partial charge in [-0.25, -0.2) is 14.6 Å². The number of nitrogens with zero attached hydrogens (tertiary/aromatic N) is 4. The van der Waals surface area contributed by atoms with Crippen molar-refractivity contribution >= 4 is 22.7 Å². The van der Waals surface area contributed by atoms with E-state index in [4.69, 9.17) is 4.74 Å². The molecule has 3 aromatic rings. The third-order valence-electron chi connectivity index (χ3n) is 3.09. The Bertz CT molecular complexity index is 769. The second kappa shape index (κ2) is 5.13. The number of rotatable bonds is 3. The number of aromatic nitrogens is 4. The van der Waals surface area contributed by atoms with E-state index < -0.39 is 0 Å². The Morgan fingerprint density at radius 2 is 2.10 bits per heavy atom. The molecular weight excluding hydrogens is 272 g/mol. The second-order valence-corrected chi connectivity index (χ2v) is 5.06. The van der Waals surface area contributed by atoms with Crippen LogP contribution in [0, 0.1) is 6.92 Å². The normalized spacial score (nSPS) is 10.9. The Labute approximate surface area is 121 Å². The van der Waals surface area contributed by atoms with Crippen LogP contribution < -0.4 is 4.74 Å². The van der Waals surface area contributed by atoms with Gasteiger partial charge in [0, 0.05) is 23.7 Å². The van der Waals surface area contributed by atoms with Gasteiger partial charge in [0.2, 0.25) is 0 Å². The molecular formula is C14H14N4OS. The molecule has 2 heterocycles. The van der Waals surface area contributed by atoms with Crippen molar-refractivity contribution in [1.29, 1.82) is 0 Å². The standard InChI is InChI=1S/C14H14N4OS/c1-9-11-5-4-10(19-2)8-12(11)18(17-9)13-6-7-15-14(16-13)20-3/h4-8H,1-3H3. The first-order valence-electron chi connectivity index (χ1n) is 6.13. The monoisotopic (exact) mass is 286 g/mol. The van der Waals surface area contributed by atoms with E-state index in [1.165, 1.54) is 11.8 Å². The summed E-state index contributed by atoms with van der Waals surface area (Å²) < 4.78 is 7.12. The quantitative estimate of drug-likeness (QED) is 0.547. The topological polar surface area (TPSA) is 52.8 Å². The highest BCUT2D eigenvalue weighted by Gasteiger charge is 2.11. The Morgan fingerprint density at radius 1 is 1.25 bits per heavy atom. The van der Waals surface area contributed by atoms with Crippen molar-refractivity contribution in [2.75, 3.05) is 13.4 Å². The van der Waals surface area contributed by atoms with Crippen LogP contribution in [0.1, 0.15) is 5.69 Å². The molecule has 0 bridgehead atoms. The molecule has 0 radical (unpaired) electrons. The number of ether oxygens (including phenoxy) is 1. The van der Waals surface area contributed by atoms with Crippen molar-refractivity contribution in [3.63, 3.8) is 0 Å². The molecule has 0 unspecified atom stereocenters. The lowest BCUT2D eigenvalue weighted by molar-refractivity contribution is 0.415. The fraction of sp³-hybridized carbons (Fsp3) is 0.214. The average molecular weight is 286 g/mol. The van der Waals surface area contributed by atoms with Crippen LogP contribution in [-0.2, 0) is 0 Å². The number of benzene rings is 1. The molecule has 0 fully saturated rings. The first-order chi connectivity index (χ1) is 9.72. The van der Waals surface area contributed by atoms with E-state index in [1.54, 1.807) is 13.3 Å². The number of hydrogen-bond acceptors (Lipinski definition) is 5. The summed E-state index contributed by atoms with van der Waals surface area (Å²) in [6.07, 6.45) is 3.70. The van der Waals surface area contributed by atoms with Crippen LogP contribution in [0.2, 0.25) is 0 Å². The molecule has 0 N–H and O–H groups in total.